The molecule has 0 spiro atoms. The van der Waals surface area contributed by atoms with Gasteiger partial charge in [0.25, 0.3) is 0 Å². The molecule has 4 aromatic rings. The fourth-order valence-electron chi connectivity index (χ4n) is 2.80. The van der Waals surface area contributed by atoms with Crippen LogP contribution in [-0.4, -0.2) is 36.0 Å². The Morgan fingerprint density at radius 3 is 2.88 bits per heavy atom. The van der Waals surface area contributed by atoms with E-state index in [1.807, 2.05) is 6.07 Å². The van der Waals surface area contributed by atoms with Crippen LogP contribution < -0.4 is 5.32 Å². The molecule has 3 aromatic heterocycles. The van der Waals surface area contributed by atoms with E-state index in [0.717, 1.165) is 10.6 Å². The summed E-state index contributed by atoms with van der Waals surface area (Å²) in [6.07, 6.45) is 1.51. The minimum atomic E-state index is -2.47. The molecule has 0 saturated carbocycles. The predicted octanol–water partition coefficient (Wildman–Crippen LogP) is 3.30. The number of rotatable bonds is 3. The maximum atomic E-state index is 14.7. The fraction of sp³-hybridized carbons (Fsp3) is 0.133. The van der Waals surface area contributed by atoms with E-state index in [0.29, 0.717) is 21.5 Å². The van der Waals surface area contributed by atoms with Crippen molar-refractivity contribution >= 4 is 48.8 Å². The SMILES string of the molecule is CNc1nc2ccc(-c3c(C)c(F)c(S(=O)O)c4[nH]ncc34)nc2s1. The highest BCUT2D eigenvalue weighted by Gasteiger charge is 2.23. The van der Waals surface area contributed by atoms with Gasteiger partial charge in [-0.2, -0.15) is 5.10 Å². The maximum Gasteiger partial charge on any atom is 0.191 e. The quantitative estimate of drug-likeness (QED) is 0.473. The van der Waals surface area contributed by atoms with Crippen LogP contribution in [0.5, 0.6) is 0 Å². The van der Waals surface area contributed by atoms with Crippen LogP contribution >= 0.6 is 11.3 Å². The second-order valence-electron chi connectivity index (χ2n) is 5.34. The number of halogens is 1. The van der Waals surface area contributed by atoms with Gasteiger partial charge in [-0.05, 0) is 24.6 Å². The smallest absolute Gasteiger partial charge is 0.191 e. The Kier molecular flexibility index (Phi) is 3.74. The maximum absolute atomic E-state index is 14.7. The number of pyridine rings is 1. The predicted molar refractivity (Wildman–Crippen MR) is 95.8 cm³/mol. The number of H-pyrrole nitrogens is 1. The Morgan fingerprint density at radius 1 is 1.36 bits per heavy atom. The van der Waals surface area contributed by atoms with Gasteiger partial charge in [0.1, 0.15) is 21.1 Å². The molecule has 1 aromatic carbocycles. The zero-order chi connectivity index (χ0) is 17.7. The topological polar surface area (TPSA) is 104 Å². The van der Waals surface area contributed by atoms with Crippen LogP contribution in [-0.2, 0) is 11.1 Å². The summed E-state index contributed by atoms with van der Waals surface area (Å²) in [5, 5.41) is 10.8. The van der Waals surface area contributed by atoms with Crippen LogP contribution in [0.15, 0.2) is 23.2 Å². The van der Waals surface area contributed by atoms with E-state index in [2.05, 4.69) is 25.5 Å². The second-order valence-corrected chi connectivity index (χ2v) is 7.22. The first-order chi connectivity index (χ1) is 12.0. The lowest BCUT2D eigenvalue weighted by Gasteiger charge is -2.11. The van der Waals surface area contributed by atoms with Crippen LogP contribution in [0.25, 0.3) is 32.5 Å². The van der Waals surface area contributed by atoms with Crippen molar-refractivity contribution in [3.63, 3.8) is 0 Å². The van der Waals surface area contributed by atoms with Crippen LogP contribution in [0.1, 0.15) is 5.56 Å². The highest BCUT2D eigenvalue weighted by molar-refractivity contribution is 7.79. The standard InChI is InChI=1S/C15H12FN5O2S2/c1-6-10(7-5-18-21-12(7)13(11(6)16)25(22)23)8-3-4-9-14(19-8)24-15(17-2)20-9/h3-5H,1-2H3,(H,17,20)(H,18,21)(H,22,23). The third-order valence-electron chi connectivity index (χ3n) is 3.94. The van der Waals surface area contributed by atoms with E-state index in [9.17, 15) is 13.2 Å². The molecule has 3 heterocycles. The lowest BCUT2D eigenvalue weighted by atomic mass is 10.00. The highest BCUT2D eigenvalue weighted by atomic mass is 32.2. The Labute approximate surface area is 147 Å². The number of anilines is 1. The van der Waals surface area contributed by atoms with Gasteiger partial charge in [-0.25, -0.2) is 18.6 Å². The number of thiazole rings is 1. The number of hydrogen-bond acceptors (Lipinski definition) is 6. The minimum absolute atomic E-state index is 0.195. The molecule has 7 nitrogen and oxygen atoms in total. The summed E-state index contributed by atoms with van der Waals surface area (Å²) in [5.74, 6) is -0.741. The lowest BCUT2D eigenvalue weighted by molar-refractivity contribution is 0.544. The Balaban J connectivity index is 2.04. The third kappa shape index (κ3) is 2.41. The molecule has 25 heavy (non-hydrogen) atoms. The van der Waals surface area contributed by atoms with Crippen molar-refractivity contribution in [2.45, 2.75) is 11.8 Å². The first-order valence-corrected chi connectivity index (χ1v) is 9.15. The molecule has 0 aliphatic rings. The van der Waals surface area contributed by atoms with Crippen LogP contribution in [0.3, 0.4) is 0 Å². The van der Waals surface area contributed by atoms with Gasteiger partial charge in [0.2, 0.25) is 0 Å². The number of fused-ring (bicyclic) bond motifs is 2. The van der Waals surface area contributed by atoms with E-state index in [-0.39, 0.29) is 16.0 Å². The summed E-state index contributed by atoms with van der Waals surface area (Å²) in [6.45, 7) is 1.56. The molecule has 0 aliphatic carbocycles. The molecule has 0 saturated heterocycles. The van der Waals surface area contributed by atoms with Gasteiger partial charge in [0.05, 0.1) is 17.4 Å². The van der Waals surface area contributed by atoms with Gasteiger partial charge >= 0.3 is 0 Å². The normalized spacial score (nSPS) is 12.8. The molecular weight excluding hydrogens is 365 g/mol. The third-order valence-corrected chi connectivity index (χ3v) is 5.65. The summed E-state index contributed by atoms with van der Waals surface area (Å²) in [6, 6.07) is 3.57. The number of benzene rings is 1. The Morgan fingerprint density at radius 2 is 2.16 bits per heavy atom. The molecule has 4 rings (SSSR count). The van der Waals surface area contributed by atoms with Gasteiger partial charge in [0.15, 0.2) is 16.2 Å². The number of hydrogen-bond donors (Lipinski definition) is 3. The van der Waals surface area contributed by atoms with Crippen molar-refractivity contribution in [1.82, 2.24) is 20.2 Å². The van der Waals surface area contributed by atoms with E-state index in [1.54, 1.807) is 20.0 Å². The first-order valence-electron chi connectivity index (χ1n) is 7.23. The molecule has 1 atom stereocenters. The summed E-state index contributed by atoms with van der Waals surface area (Å²) in [7, 11) is 1.78. The molecule has 1 unspecified atom stereocenters. The number of aromatic amines is 1. The lowest BCUT2D eigenvalue weighted by Crippen LogP contribution is -2.01. The van der Waals surface area contributed by atoms with E-state index >= 15 is 0 Å². The average Bonchev–Trinajstić information content (AvgIpc) is 3.21. The number of aromatic nitrogens is 4. The summed E-state index contributed by atoms with van der Waals surface area (Å²) in [5.41, 5.74) is 2.28. The van der Waals surface area contributed by atoms with E-state index in [1.165, 1.54) is 17.5 Å². The van der Waals surface area contributed by atoms with Crippen molar-refractivity contribution in [1.29, 1.82) is 0 Å². The molecular formula is C15H12FN5O2S2. The van der Waals surface area contributed by atoms with E-state index < -0.39 is 16.9 Å². The number of nitrogens with zero attached hydrogens (tertiary/aromatic N) is 3. The zero-order valence-electron chi connectivity index (χ0n) is 13.1. The summed E-state index contributed by atoms with van der Waals surface area (Å²) < 4.78 is 35.7. The minimum Gasteiger partial charge on any atom is -0.365 e. The van der Waals surface area contributed by atoms with Crippen LogP contribution in [0.4, 0.5) is 9.52 Å². The Hall–Kier alpha value is -2.43. The highest BCUT2D eigenvalue weighted by Crippen LogP contribution is 2.37. The van der Waals surface area contributed by atoms with Crippen molar-refractivity contribution in [3.05, 3.63) is 29.7 Å². The van der Waals surface area contributed by atoms with Crippen molar-refractivity contribution in [2.75, 3.05) is 12.4 Å². The molecule has 0 radical (unpaired) electrons. The molecule has 0 bridgehead atoms. The molecule has 0 amide bonds. The summed E-state index contributed by atoms with van der Waals surface area (Å²) >= 11 is -1.08. The van der Waals surface area contributed by atoms with Crippen molar-refractivity contribution in [2.24, 2.45) is 0 Å². The largest absolute Gasteiger partial charge is 0.365 e. The molecule has 10 heteroatoms. The fourth-order valence-corrected chi connectivity index (χ4v) is 4.23. The second kappa shape index (κ2) is 5.83. The van der Waals surface area contributed by atoms with Crippen LogP contribution in [0, 0.1) is 12.7 Å². The summed E-state index contributed by atoms with van der Waals surface area (Å²) in [4.78, 5) is 9.38. The zero-order valence-corrected chi connectivity index (χ0v) is 14.8. The van der Waals surface area contributed by atoms with Gasteiger partial charge in [0, 0.05) is 18.0 Å². The van der Waals surface area contributed by atoms with Gasteiger partial charge in [-0.3, -0.25) is 5.10 Å². The van der Waals surface area contributed by atoms with Gasteiger partial charge in [-0.15, -0.1) is 0 Å². The van der Waals surface area contributed by atoms with Crippen molar-refractivity contribution in [3.8, 4) is 11.3 Å². The molecule has 0 fully saturated rings. The molecule has 0 aliphatic heterocycles. The first kappa shape index (κ1) is 16.1. The van der Waals surface area contributed by atoms with Crippen molar-refractivity contribution < 1.29 is 13.2 Å². The van der Waals surface area contributed by atoms with Gasteiger partial charge < -0.3 is 9.87 Å². The molecule has 128 valence electrons. The molecule has 3 N–H and O–H groups in total. The number of nitrogens with one attached hydrogen (secondary N) is 2. The Bertz CT molecular complexity index is 1150. The van der Waals surface area contributed by atoms with Gasteiger partial charge in [-0.1, -0.05) is 11.3 Å². The monoisotopic (exact) mass is 377 g/mol. The van der Waals surface area contributed by atoms with Crippen LogP contribution in [0.2, 0.25) is 0 Å². The van der Waals surface area contributed by atoms with E-state index in [4.69, 9.17) is 0 Å². The average molecular weight is 377 g/mol.